The maximum absolute atomic E-state index is 4.66. The highest BCUT2D eigenvalue weighted by Gasteiger charge is 2.22. The summed E-state index contributed by atoms with van der Waals surface area (Å²) in [5.74, 6) is 2.97. The Balaban J connectivity index is 1.45. The van der Waals surface area contributed by atoms with Gasteiger partial charge in [-0.05, 0) is 20.3 Å². The molecule has 0 atom stereocenters. The Hall–Kier alpha value is -3.23. The van der Waals surface area contributed by atoms with Gasteiger partial charge in [-0.25, -0.2) is 9.97 Å². The first kappa shape index (κ1) is 17.8. The van der Waals surface area contributed by atoms with E-state index in [-0.39, 0.29) is 0 Å². The van der Waals surface area contributed by atoms with E-state index < -0.39 is 0 Å². The molecular weight excluding hydrogens is 366 g/mol. The second-order valence-corrected chi connectivity index (χ2v) is 7.55. The van der Waals surface area contributed by atoms with E-state index in [9.17, 15) is 0 Å². The monoisotopic (exact) mass is 391 g/mol. The van der Waals surface area contributed by atoms with Crippen LogP contribution in [0.15, 0.2) is 24.5 Å². The molecule has 9 heteroatoms. The summed E-state index contributed by atoms with van der Waals surface area (Å²) in [6, 6.07) is 4.15. The summed E-state index contributed by atoms with van der Waals surface area (Å²) in [5, 5.41) is 13.4. The molecule has 0 unspecified atom stereocenters. The topological polar surface area (TPSA) is 79.8 Å². The van der Waals surface area contributed by atoms with Crippen molar-refractivity contribution in [3.8, 4) is 0 Å². The molecule has 4 aromatic heterocycles. The molecule has 0 amide bonds. The van der Waals surface area contributed by atoms with Crippen molar-refractivity contribution in [3.05, 3.63) is 41.7 Å². The smallest absolute Gasteiger partial charge is 0.203 e. The van der Waals surface area contributed by atoms with E-state index in [4.69, 9.17) is 0 Å². The first-order valence-corrected chi connectivity index (χ1v) is 10.2. The summed E-state index contributed by atoms with van der Waals surface area (Å²) < 4.78 is 4.01. The van der Waals surface area contributed by atoms with E-state index in [0.29, 0.717) is 0 Å². The highest BCUT2D eigenvalue weighted by atomic mass is 15.4. The second-order valence-electron chi connectivity index (χ2n) is 7.55. The zero-order chi connectivity index (χ0) is 20.0. The fraction of sp³-hybridized carbons (Fsp3) is 0.450. The number of hydrogen-bond donors (Lipinski definition) is 0. The Morgan fingerprint density at radius 1 is 0.966 bits per heavy atom. The highest BCUT2D eigenvalue weighted by Crippen LogP contribution is 2.23. The molecule has 0 aliphatic carbocycles. The van der Waals surface area contributed by atoms with E-state index in [1.807, 2.05) is 41.2 Å². The third-order valence-corrected chi connectivity index (χ3v) is 5.47. The van der Waals surface area contributed by atoms with E-state index in [2.05, 4.69) is 48.1 Å². The van der Waals surface area contributed by atoms with Crippen LogP contribution in [0.25, 0.3) is 11.3 Å². The lowest BCUT2D eigenvalue weighted by Crippen LogP contribution is -2.32. The van der Waals surface area contributed by atoms with Gasteiger partial charge in [0.15, 0.2) is 11.5 Å². The molecule has 5 heterocycles. The molecule has 0 N–H and O–H groups in total. The Kier molecular flexibility index (Phi) is 4.30. The lowest BCUT2D eigenvalue weighted by atomic mass is 10.3. The summed E-state index contributed by atoms with van der Waals surface area (Å²) in [4.78, 5) is 14.0. The van der Waals surface area contributed by atoms with Crippen molar-refractivity contribution < 1.29 is 0 Å². The maximum atomic E-state index is 4.66. The molecule has 1 fully saturated rings. The summed E-state index contributed by atoms with van der Waals surface area (Å²) in [6.07, 6.45) is 5.66. The van der Waals surface area contributed by atoms with Crippen molar-refractivity contribution in [2.75, 3.05) is 36.0 Å². The quantitative estimate of drug-likeness (QED) is 0.529. The van der Waals surface area contributed by atoms with Gasteiger partial charge in [-0.3, -0.25) is 4.40 Å². The zero-order valence-corrected chi connectivity index (χ0v) is 17.1. The lowest BCUT2D eigenvalue weighted by molar-refractivity contribution is 0.765. The SMILES string of the molecule is CCc1nnc2c(N3CCCN(c4cc(C)nc5cc(C)nn45)CC3)nccn12. The Labute approximate surface area is 169 Å². The van der Waals surface area contributed by atoms with Crippen LogP contribution in [0.1, 0.15) is 30.6 Å². The minimum atomic E-state index is 0.836. The predicted octanol–water partition coefficient (Wildman–Crippen LogP) is 2.06. The van der Waals surface area contributed by atoms with Crippen molar-refractivity contribution >= 4 is 22.9 Å². The molecule has 1 aliphatic rings. The number of rotatable bonds is 3. The van der Waals surface area contributed by atoms with Gasteiger partial charge in [0.2, 0.25) is 5.65 Å². The van der Waals surface area contributed by atoms with Crippen LogP contribution in [0.5, 0.6) is 0 Å². The molecule has 150 valence electrons. The molecule has 0 aromatic carbocycles. The normalized spacial score (nSPS) is 15.4. The molecule has 1 aliphatic heterocycles. The number of fused-ring (bicyclic) bond motifs is 2. The number of anilines is 2. The number of nitrogens with zero attached hydrogens (tertiary/aromatic N) is 9. The first-order valence-electron chi connectivity index (χ1n) is 10.2. The predicted molar refractivity (Wildman–Crippen MR) is 112 cm³/mol. The molecule has 9 nitrogen and oxygen atoms in total. The van der Waals surface area contributed by atoms with Crippen molar-refractivity contribution in [1.82, 2.24) is 34.2 Å². The second kappa shape index (κ2) is 6.98. The molecule has 0 spiro atoms. The van der Waals surface area contributed by atoms with Crippen LogP contribution in [0.2, 0.25) is 0 Å². The molecule has 1 saturated heterocycles. The average molecular weight is 391 g/mol. The average Bonchev–Trinajstić information content (AvgIpc) is 3.21. The van der Waals surface area contributed by atoms with Gasteiger partial charge >= 0.3 is 0 Å². The van der Waals surface area contributed by atoms with Gasteiger partial charge in [0, 0.05) is 62.8 Å². The minimum absolute atomic E-state index is 0.836. The standard InChI is InChI=1S/C20H25N9/c1-4-16-23-24-20-19(21-6-9-28(16)20)27-8-5-7-26(10-11-27)18-13-14(2)22-17-12-15(3)25-29(17)18/h6,9,12-13H,4-5,7-8,10-11H2,1-3H3. The zero-order valence-electron chi connectivity index (χ0n) is 17.1. The van der Waals surface area contributed by atoms with Gasteiger partial charge in [0.1, 0.15) is 11.6 Å². The van der Waals surface area contributed by atoms with Crippen LogP contribution in [-0.2, 0) is 6.42 Å². The van der Waals surface area contributed by atoms with Crippen molar-refractivity contribution in [1.29, 1.82) is 0 Å². The van der Waals surface area contributed by atoms with E-state index >= 15 is 0 Å². The highest BCUT2D eigenvalue weighted by molar-refractivity contribution is 5.64. The van der Waals surface area contributed by atoms with Crippen molar-refractivity contribution in [2.24, 2.45) is 0 Å². The van der Waals surface area contributed by atoms with Crippen molar-refractivity contribution in [3.63, 3.8) is 0 Å². The van der Waals surface area contributed by atoms with Crippen LogP contribution in [0.4, 0.5) is 11.6 Å². The fourth-order valence-corrected chi connectivity index (χ4v) is 4.10. The molecule has 5 rings (SSSR count). The van der Waals surface area contributed by atoms with Crippen LogP contribution >= 0.6 is 0 Å². The lowest BCUT2D eigenvalue weighted by Gasteiger charge is -2.24. The fourth-order valence-electron chi connectivity index (χ4n) is 4.10. The summed E-state index contributed by atoms with van der Waals surface area (Å²) in [5.41, 5.74) is 3.73. The molecule has 0 bridgehead atoms. The van der Waals surface area contributed by atoms with Crippen LogP contribution in [0, 0.1) is 13.8 Å². The van der Waals surface area contributed by atoms with Crippen LogP contribution < -0.4 is 9.80 Å². The third-order valence-electron chi connectivity index (χ3n) is 5.47. The minimum Gasteiger partial charge on any atom is -0.355 e. The molecule has 0 saturated carbocycles. The van der Waals surface area contributed by atoms with Gasteiger partial charge in [0.05, 0.1) is 5.69 Å². The van der Waals surface area contributed by atoms with E-state index in [0.717, 1.165) is 79.2 Å². The van der Waals surface area contributed by atoms with Crippen LogP contribution in [-0.4, -0.2) is 60.4 Å². The summed E-state index contributed by atoms with van der Waals surface area (Å²) in [6.45, 7) is 9.78. The van der Waals surface area contributed by atoms with Gasteiger partial charge in [-0.1, -0.05) is 6.92 Å². The number of aromatic nitrogens is 7. The first-order chi connectivity index (χ1) is 14.1. The summed E-state index contributed by atoms with van der Waals surface area (Å²) in [7, 11) is 0. The largest absolute Gasteiger partial charge is 0.355 e. The van der Waals surface area contributed by atoms with Gasteiger partial charge < -0.3 is 9.80 Å². The van der Waals surface area contributed by atoms with Gasteiger partial charge in [-0.15, -0.1) is 10.2 Å². The van der Waals surface area contributed by atoms with Crippen LogP contribution in [0.3, 0.4) is 0 Å². The van der Waals surface area contributed by atoms with Crippen molar-refractivity contribution in [2.45, 2.75) is 33.6 Å². The molecule has 0 radical (unpaired) electrons. The van der Waals surface area contributed by atoms with Gasteiger partial charge in [-0.2, -0.15) is 9.61 Å². The molecule has 29 heavy (non-hydrogen) atoms. The van der Waals surface area contributed by atoms with E-state index in [1.54, 1.807) is 0 Å². The number of hydrogen-bond acceptors (Lipinski definition) is 7. The third kappa shape index (κ3) is 3.06. The maximum Gasteiger partial charge on any atom is 0.203 e. The number of aryl methyl sites for hydroxylation is 3. The van der Waals surface area contributed by atoms with E-state index in [1.165, 1.54) is 0 Å². The molecule has 4 aromatic rings. The Bertz CT molecular complexity index is 1180. The summed E-state index contributed by atoms with van der Waals surface area (Å²) >= 11 is 0. The molecular formula is C20H25N9. The van der Waals surface area contributed by atoms with Gasteiger partial charge in [0.25, 0.3) is 0 Å². The Morgan fingerprint density at radius 2 is 1.79 bits per heavy atom. The Morgan fingerprint density at radius 3 is 2.66 bits per heavy atom.